The number of aliphatic hydroxyl groups is 1. The van der Waals surface area contributed by atoms with Gasteiger partial charge in [-0.3, -0.25) is 14.4 Å². The van der Waals surface area contributed by atoms with Crippen LogP contribution < -0.4 is 16.4 Å². The summed E-state index contributed by atoms with van der Waals surface area (Å²) >= 11 is 12.8. The molecule has 0 spiro atoms. The molecule has 1 saturated heterocycles. The highest BCUT2D eigenvalue weighted by Crippen LogP contribution is 2.52. The zero-order valence-electron chi connectivity index (χ0n) is 28.7. The number of carbonyl (C=O) groups excluding carboxylic acids is 3. The molecule has 9 nitrogen and oxygen atoms in total. The SMILES string of the molecule is CCC([C@H](C)O)N1C(=O)[C@@](C)(CC(=O)NBC2CCC(N(N)/C=C(\C)NC(C)=O)CC2)C[C@H](c2cccc(Cl)c2)[C@H]1c1ccc(Cl)cc1. The summed E-state index contributed by atoms with van der Waals surface area (Å²) < 4.78 is 0. The van der Waals surface area contributed by atoms with Crippen molar-refractivity contribution in [3.8, 4) is 0 Å². The van der Waals surface area contributed by atoms with Crippen LogP contribution in [0, 0.1) is 5.41 Å². The van der Waals surface area contributed by atoms with Crippen molar-refractivity contribution < 1.29 is 19.5 Å². The predicted octanol–water partition coefficient (Wildman–Crippen LogP) is 5.98. The van der Waals surface area contributed by atoms with Crippen LogP contribution in [0.3, 0.4) is 0 Å². The van der Waals surface area contributed by atoms with E-state index in [0.717, 1.165) is 36.8 Å². The molecule has 3 amide bonds. The van der Waals surface area contributed by atoms with Crippen LogP contribution in [0.4, 0.5) is 0 Å². The third kappa shape index (κ3) is 9.34. The second-order valence-electron chi connectivity index (χ2n) is 13.9. The first-order chi connectivity index (χ1) is 22.7. The number of amides is 3. The van der Waals surface area contributed by atoms with E-state index in [1.807, 2.05) is 67.3 Å². The van der Waals surface area contributed by atoms with Gasteiger partial charge in [-0.15, -0.1) is 0 Å². The largest absolute Gasteiger partial charge is 0.402 e. The molecule has 2 aliphatic rings. The van der Waals surface area contributed by atoms with Crippen LogP contribution in [-0.2, 0) is 14.4 Å². The molecule has 0 radical (unpaired) electrons. The van der Waals surface area contributed by atoms with Crippen LogP contribution >= 0.6 is 23.2 Å². The zero-order valence-corrected chi connectivity index (χ0v) is 30.2. The van der Waals surface area contributed by atoms with Gasteiger partial charge in [-0.25, -0.2) is 5.84 Å². The van der Waals surface area contributed by atoms with E-state index in [1.165, 1.54) is 6.92 Å². The zero-order chi connectivity index (χ0) is 35.2. The van der Waals surface area contributed by atoms with E-state index in [-0.39, 0.29) is 36.1 Å². The number of nitrogens with one attached hydrogen (secondary N) is 2. The van der Waals surface area contributed by atoms with Crippen molar-refractivity contribution in [2.24, 2.45) is 11.3 Å². The van der Waals surface area contributed by atoms with Crippen LogP contribution in [0.2, 0.25) is 15.9 Å². The van der Waals surface area contributed by atoms with Gasteiger partial charge in [-0.05, 0) is 80.7 Å². The fraction of sp³-hybridized carbons (Fsp3) is 0.528. The number of allylic oxidation sites excluding steroid dienone is 1. The van der Waals surface area contributed by atoms with E-state index >= 15 is 0 Å². The van der Waals surface area contributed by atoms with E-state index in [9.17, 15) is 19.5 Å². The molecule has 1 heterocycles. The van der Waals surface area contributed by atoms with E-state index < -0.39 is 23.6 Å². The fourth-order valence-corrected chi connectivity index (χ4v) is 7.97. The number of halogens is 2. The Kier molecular flexibility index (Phi) is 13.0. The summed E-state index contributed by atoms with van der Waals surface area (Å²) in [6.45, 7) is 8.83. The van der Waals surface area contributed by atoms with Gasteiger partial charge in [0.2, 0.25) is 25.1 Å². The van der Waals surface area contributed by atoms with Gasteiger partial charge >= 0.3 is 0 Å². The second kappa shape index (κ2) is 16.6. The van der Waals surface area contributed by atoms with Crippen LogP contribution in [-0.4, -0.2) is 58.3 Å². The first-order valence-electron chi connectivity index (χ1n) is 17.0. The maximum Gasteiger partial charge on any atom is 0.239 e. The van der Waals surface area contributed by atoms with Crippen LogP contribution in [0.5, 0.6) is 0 Å². The molecule has 0 aromatic heterocycles. The highest BCUT2D eigenvalue weighted by atomic mass is 35.5. The van der Waals surface area contributed by atoms with Crippen LogP contribution in [0.1, 0.15) is 103 Å². The average molecular weight is 699 g/mol. The number of piperidine rings is 1. The lowest BCUT2D eigenvalue weighted by Crippen LogP contribution is -2.58. The summed E-state index contributed by atoms with van der Waals surface area (Å²) in [6.07, 6.45) is 5.54. The molecule has 12 heteroatoms. The Hall–Kier alpha value is -3.05. The third-order valence-corrected chi connectivity index (χ3v) is 10.5. The summed E-state index contributed by atoms with van der Waals surface area (Å²) in [6, 6.07) is 14.5. The van der Waals surface area contributed by atoms with Gasteiger partial charge in [0, 0.05) is 47.2 Å². The van der Waals surface area contributed by atoms with Gasteiger partial charge in [0.25, 0.3) is 0 Å². The van der Waals surface area contributed by atoms with E-state index in [4.69, 9.17) is 29.0 Å². The van der Waals surface area contributed by atoms with Gasteiger partial charge < -0.3 is 25.6 Å². The van der Waals surface area contributed by atoms with Gasteiger partial charge in [0.15, 0.2) is 0 Å². The Labute approximate surface area is 295 Å². The summed E-state index contributed by atoms with van der Waals surface area (Å²) in [5.41, 5.74) is 1.56. The van der Waals surface area contributed by atoms with Gasteiger partial charge in [-0.1, -0.05) is 74.2 Å². The molecule has 4 rings (SSSR count). The molecule has 0 bridgehead atoms. The minimum atomic E-state index is -1.02. The monoisotopic (exact) mass is 697 g/mol. The molecule has 2 aromatic rings. The number of nitrogens with two attached hydrogens (primary N) is 1. The quantitative estimate of drug-likeness (QED) is 0.123. The smallest absolute Gasteiger partial charge is 0.239 e. The highest BCUT2D eigenvalue weighted by molar-refractivity contribution is 6.39. The third-order valence-electron chi connectivity index (χ3n) is 10.0. The second-order valence-corrected chi connectivity index (χ2v) is 14.8. The molecule has 1 aliphatic carbocycles. The minimum absolute atomic E-state index is 0.0299. The summed E-state index contributed by atoms with van der Waals surface area (Å²) in [4.78, 5) is 41.4. The Morgan fingerprint density at radius 2 is 1.77 bits per heavy atom. The molecule has 2 aromatic carbocycles. The predicted molar refractivity (Wildman–Crippen MR) is 193 cm³/mol. The number of rotatable bonds is 12. The van der Waals surface area contributed by atoms with E-state index in [1.54, 1.807) is 25.1 Å². The highest BCUT2D eigenvalue weighted by Gasteiger charge is 2.52. The number of aliphatic hydroxyl groups excluding tert-OH is 1. The Morgan fingerprint density at radius 3 is 2.35 bits per heavy atom. The number of hydrazine groups is 1. The summed E-state index contributed by atoms with van der Waals surface area (Å²) in [7, 11) is 0.529. The normalized spacial score (nSPS) is 26.0. The summed E-state index contributed by atoms with van der Waals surface area (Å²) in [5.74, 6) is 5.94. The average Bonchev–Trinajstić information content (AvgIpc) is 3.02. The Morgan fingerprint density at radius 1 is 1.10 bits per heavy atom. The van der Waals surface area contributed by atoms with Gasteiger partial charge in [-0.2, -0.15) is 0 Å². The van der Waals surface area contributed by atoms with Gasteiger partial charge in [0.05, 0.1) is 23.6 Å². The van der Waals surface area contributed by atoms with Gasteiger partial charge in [0.1, 0.15) is 0 Å². The number of likely N-dealkylation sites (tertiary alicyclic amines) is 1. The minimum Gasteiger partial charge on any atom is -0.402 e. The number of benzene rings is 2. The van der Waals surface area contributed by atoms with Crippen molar-refractivity contribution in [2.75, 3.05) is 0 Å². The Balaban J connectivity index is 1.52. The maximum absolute atomic E-state index is 14.7. The van der Waals surface area contributed by atoms with Crippen molar-refractivity contribution in [1.29, 1.82) is 0 Å². The summed E-state index contributed by atoms with van der Waals surface area (Å²) in [5, 5.41) is 19.7. The molecule has 5 atom stereocenters. The van der Waals surface area contributed by atoms with Crippen molar-refractivity contribution in [3.05, 3.63) is 81.6 Å². The van der Waals surface area contributed by atoms with Crippen molar-refractivity contribution >= 4 is 48.3 Å². The number of hydrogen-bond donors (Lipinski definition) is 4. The molecule has 260 valence electrons. The molecular weight excluding hydrogens is 648 g/mol. The van der Waals surface area contributed by atoms with Crippen molar-refractivity contribution in [1.82, 2.24) is 20.5 Å². The molecule has 1 unspecified atom stereocenters. The van der Waals surface area contributed by atoms with Crippen molar-refractivity contribution in [2.45, 2.75) is 116 Å². The molecule has 2 fully saturated rings. The number of hydrogen-bond acceptors (Lipinski definition) is 6. The molecular formula is C36H50BCl2N5O4. The van der Waals surface area contributed by atoms with Crippen LogP contribution in [0.25, 0.3) is 0 Å². The van der Waals surface area contributed by atoms with Crippen molar-refractivity contribution in [3.63, 3.8) is 0 Å². The fourth-order valence-electron chi connectivity index (χ4n) is 7.64. The topological polar surface area (TPSA) is 128 Å². The Bertz CT molecular complexity index is 1470. The maximum atomic E-state index is 14.7. The molecule has 5 N–H and O–H groups in total. The molecule has 1 saturated carbocycles. The number of nitrogens with zero attached hydrogens (tertiary/aromatic N) is 2. The lowest BCUT2D eigenvalue weighted by molar-refractivity contribution is -0.160. The lowest BCUT2D eigenvalue weighted by Gasteiger charge is -2.52. The first-order valence-corrected chi connectivity index (χ1v) is 17.8. The van der Waals surface area contributed by atoms with Crippen LogP contribution in [0.15, 0.2) is 60.4 Å². The number of carbonyl (C=O) groups is 3. The molecule has 1 aliphatic heterocycles. The van der Waals surface area contributed by atoms with E-state index in [0.29, 0.717) is 41.8 Å². The standard InChI is InChI=1S/C36H50BCl2N5O4/c1-6-32(23(3)45)44-34(25-10-14-28(38)15-11-25)31(26-8-7-9-29(39)18-26)19-36(5,35(44)48)20-33(47)42-37-27-12-16-30(17-13-27)43(40)21-22(2)41-24(4)46/h7-11,14-15,18,21,23,27,30-32,34,37,45H,6,12-13,16-17,19-20,40H2,1-5H3,(H,41,46)(H,42,47)/b22-21+/t23-,27?,30?,31+,32?,34+,36+/m0/s1. The lowest BCUT2D eigenvalue weighted by atomic mass is 9.65. The van der Waals surface area contributed by atoms with E-state index in [2.05, 4.69) is 10.5 Å². The first kappa shape index (κ1) is 37.8. The molecule has 48 heavy (non-hydrogen) atoms.